The van der Waals surface area contributed by atoms with E-state index in [1.54, 1.807) is 0 Å². The molecule has 3 heteroatoms. The predicted octanol–water partition coefficient (Wildman–Crippen LogP) is 1.63. The third-order valence-electron chi connectivity index (χ3n) is 3.97. The summed E-state index contributed by atoms with van der Waals surface area (Å²) in [6, 6.07) is 0.733. The largest absolute Gasteiger partial charge is 0.375 e. The van der Waals surface area contributed by atoms with Crippen LogP contribution >= 0.6 is 0 Å². The van der Waals surface area contributed by atoms with Gasteiger partial charge in [-0.2, -0.15) is 0 Å². The van der Waals surface area contributed by atoms with Gasteiger partial charge in [0, 0.05) is 12.6 Å². The molecule has 16 heavy (non-hydrogen) atoms. The summed E-state index contributed by atoms with van der Waals surface area (Å²) in [6.45, 7) is 4.53. The Morgan fingerprint density at radius 1 is 1.25 bits per heavy atom. The molecule has 1 saturated heterocycles. The van der Waals surface area contributed by atoms with Crippen molar-refractivity contribution in [2.45, 2.75) is 50.7 Å². The van der Waals surface area contributed by atoms with Crippen LogP contribution < -0.4 is 5.32 Å². The number of hydrogen-bond acceptors (Lipinski definition) is 3. The van der Waals surface area contributed by atoms with Crippen molar-refractivity contribution in [2.75, 3.05) is 33.3 Å². The first-order chi connectivity index (χ1) is 7.92. The van der Waals surface area contributed by atoms with Crippen molar-refractivity contribution >= 4 is 0 Å². The van der Waals surface area contributed by atoms with E-state index in [0.717, 1.165) is 25.7 Å². The monoisotopic (exact) mass is 226 g/mol. The van der Waals surface area contributed by atoms with Gasteiger partial charge in [0.15, 0.2) is 0 Å². The summed E-state index contributed by atoms with van der Waals surface area (Å²) < 4.78 is 5.89. The molecule has 1 N–H and O–H groups in total. The molecule has 0 spiro atoms. The Kier molecular flexibility index (Phi) is 5.07. The van der Waals surface area contributed by atoms with Crippen molar-refractivity contribution in [3.05, 3.63) is 0 Å². The van der Waals surface area contributed by atoms with E-state index < -0.39 is 0 Å². The van der Waals surface area contributed by atoms with Crippen LogP contribution in [-0.4, -0.2) is 50.3 Å². The van der Waals surface area contributed by atoms with Gasteiger partial charge in [-0.05, 0) is 45.8 Å². The van der Waals surface area contributed by atoms with Crippen molar-refractivity contribution in [2.24, 2.45) is 0 Å². The van der Waals surface area contributed by atoms with E-state index in [0.29, 0.717) is 6.10 Å². The molecule has 0 bridgehead atoms. The van der Waals surface area contributed by atoms with E-state index in [1.807, 2.05) is 7.05 Å². The zero-order chi connectivity index (χ0) is 11.2. The standard InChI is InChI=1S/C13H26N2O/c1-14-8-4-5-9-15-10-11-16-13-7-3-2-6-12(13)15/h12-14H,2-11H2,1H3. The Hall–Kier alpha value is -0.120. The molecular formula is C13H26N2O. The van der Waals surface area contributed by atoms with Crippen LogP contribution in [0, 0.1) is 0 Å². The number of hydrogen-bond donors (Lipinski definition) is 1. The third-order valence-corrected chi connectivity index (χ3v) is 3.97. The lowest BCUT2D eigenvalue weighted by molar-refractivity contribution is -0.0882. The SMILES string of the molecule is CNCCCCN1CCOC2CCCCC21. The van der Waals surface area contributed by atoms with Crippen LogP contribution in [0.4, 0.5) is 0 Å². The van der Waals surface area contributed by atoms with Crippen molar-refractivity contribution in [1.82, 2.24) is 10.2 Å². The fourth-order valence-corrected chi connectivity index (χ4v) is 3.07. The van der Waals surface area contributed by atoms with E-state index in [4.69, 9.17) is 4.74 Å². The Labute approximate surface area is 99.5 Å². The molecule has 1 aliphatic heterocycles. The van der Waals surface area contributed by atoms with Gasteiger partial charge in [0.2, 0.25) is 0 Å². The Balaban J connectivity index is 1.74. The third kappa shape index (κ3) is 3.19. The molecule has 2 aliphatic rings. The minimum absolute atomic E-state index is 0.548. The average Bonchev–Trinajstić information content (AvgIpc) is 2.35. The van der Waals surface area contributed by atoms with Crippen LogP contribution in [-0.2, 0) is 4.74 Å². The molecule has 0 radical (unpaired) electrons. The second-order valence-electron chi connectivity index (χ2n) is 5.11. The number of unbranched alkanes of at least 4 members (excludes halogenated alkanes) is 1. The topological polar surface area (TPSA) is 24.5 Å². The summed E-state index contributed by atoms with van der Waals surface area (Å²) in [6.07, 6.45) is 8.59. The summed E-state index contributed by atoms with van der Waals surface area (Å²) in [5, 5.41) is 3.22. The molecule has 0 aromatic rings. The minimum atomic E-state index is 0.548. The average molecular weight is 226 g/mol. The zero-order valence-electron chi connectivity index (χ0n) is 10.6. The van der Waals surface area contributed by atoms with Gasteiger partial charge >= 0.3 is 0 Å². The lowest BCUT2D eigenvalue weighted by atomic mass is 9.90. The highest BCUT2D eigenvalue weighted by molar-refractivity contribution is 4.87. The minimum Gasteiger partial charge on any atom is -0.375 e. The highest BCUT2D eigenvalue weighted by Gasteiger charge is 2.33. The number of morpholine rings is 1. The molecule has 1 saturated carbocycles. The van der Waals surface area contributed by atoms with Gasteiger partial charge in [-0.15, -0.1) is 0 Å². The maximum Gasteiger partial charge on any atom is 0.0730 e. The second-order valence-corrected chi connectivity index (χ2v) is 5.11. The molecule has 0 aromatic carbocycles. The maximum atomic E-state index is 5.89. The number of rotatable bonds is 5. The fraction of sp³-hybridized carbons (Fsp3) is 1.00. The Morgan fingerprint density at radius 2 is 2.12 bits per heavy atom. The lowest BCUT2D eigenvalue weighted by Crippen LogP contribution is -2.52. The van der Waals surface area contributed by atoms with Gasteiger partial charge in [-0.1, -0.05) is 12.8 Å². The molecule has 1 aliphatic carbocycles. The molecule has 1 heterocycles. The van der Waals surface area contributed by atoms with Gasteiger partial charge in [-0.25, -0.2) is 0 Å². The fourth-order valence-electron chi connectivity index (χ4n) is 3.07. The summed E-state index contributed by atoms with van der Waals surface area (Å²) in [5.74, 6) is 0. The van der Waals surface area contributed by atoms with Crippen LogP contribution in [0.1, 0.15) is 38.5 Å². The zero-order valence-corrected chi connectivity index (χ0v) is 10.6. The van der Waals surface area contributed by atoms with Gasteiger partial charge in [0.05, 0.1) is 12.7 Å². The Bertz CT molecular complexity index is 196. The first-order valence-electron chi connectivity index (χ1n) is 6.92. The van der Waals surface area contributed by atoms with E-state index in [9.17, 15) is 0 Å². The van der Waals surface area contributed by atoms with Crippen molar-refractivity contribution < 1.29 is 4.74 Å². The van der Waals surface area contributed by atoms with Gasteiger partial charge in [0.25, 0.3) is 0 Å². The highest BCUT2D eigenvalue weighted by Crippen LogP contribution is 2.28. The van der Waals surface area contributed by atoms with Crippen LogP contribution in [0.2, 0.25) is 0 Å². The first-order valence-corrected chi connectivity index (χ1v) is 6.92. The molecule has 2 fully saturated rings. The predicted molar refractivity (Wildman–Crippen MR) is 66.7 cm³/mol. The summed E-state index contributed by atoms with van der Waals surface area (Å²) in [7, 11) is 2.03. The van der Waals surface area contributed by atoms with E-state index in [2.05, 4.69) is 10.2 Å². The van der Waals surface area contributed by atoms with Crippen molar-refractivity contribution in [3.63, 3.8) is 0 Å². The van der Waals surface area contributed by atoms with E-state index in [-0.39, 0.29) is 0 Å². The number of fused-ring (bicyclic) bond motifs is 1. The quantitative estimate of drug-likeness (QED) is 0.721. The van der Waals surface area contributed by atoms with Crippen LogP contribution in [0.3, 0.4) is 0 Å². The summed E-state index contributed by atoms with van der Waals surface area (Å²) in [4.78, 5) is 2.68. The smallest absolute Gasteiger partial charge is 0.0730 e. The first kappa shape index (κ1) is 12.3. The van der Waals surface area contributed by atoms with Crippen LogP contribution in [0.5, 0.6) is 0 Å². The number of nitrogens with zero attached hydrogens (tertiary/aromatic N) is 1. The van der Waals surface area contributed by atoms with Gasteiger partial charge in [0.1, 0.15) is 0 Å². The molecule has 0 amide bonds. The maximum absolute atomic E-state index is 5.89. The normalized spacial score (nSPS) is 31.3. The summed E-state index contributed by atoms with van der Waals surface area (Å²) >= 11 is 0. The number of nitrogens with one attached hydrogen (secondary N) is 1. The molecule has 0 aromatic heterocycles. The van der Waals surface area contributed by atoms with Crippen molar-refractivity contribution in [3.8, 4) is 0 Å². The molecule has 2 rings (SSSR count). The molecule has 3 nitrogen and oxygen atoms in total. The second kappa shape index (κ2) is 6.58. The van der Waals surface area contributed by atoms with Gasteiger partial charge < -0.3 is 10.1 Å². The Morgan fingerprint density at radius 3 is 3.00 bits per heavy atom. The summed E-state index contributed by atoms with van der Waals surface area (Å²) in [5.41, 5.74) is 0. The highest BCUT2D eigenvalue weighted by atomic mass is 16.5. The number of ether oxygens (including phenoxy) is 1. The van der Waals surface area contributed by atoms with Gasteiger partial charge in [-0.3, -0.25) is 4.90 Å². The van der Waals surface area contributed by atoms with E-state index >= 15 is 0 Å². The molecule has 94 valence electrons. The van der Waals surface area contributed by atoms with E-state index in [1.165, 1.54) is 45.1 Å². The molecule has 2 atom stereocenters. The molecule has 2 unspecified atom stereocenters. The van der Waals surface area contributed by atoms with Crippen molar-refractivity contribution in [1.29, 1.82) is 0 Å². The molecular weight excluding hydrogens is 200 g/mol. The van der Waals surface area contributed by atoms with Crippen LogP contribution in [0.25, 0.3) is 0 Å². The van der Waals surface area contributed by atoms with Crippen LogP contribution in [0.15, 0.2) is 0 Å². The lowest BCUT2D eigenvalue weighted by Gasteiger charge is -2.43.